The Bertz CT molecular complexity index is 252. The van der Waals surface area contributed by atoms with E-state index in [-0.39, 0.29) is 6.04 Å². The molecule has 1 aromatic rings. The zero-order valence-corrected chi connectivity index (χ0v) is 8.70. The molecule has 2 N–H and O–H groups in total. The average Bonchev–Trinajstić information content (AvgIpc) is 2.51. The molecule has 0 bridgehead atoms. The second-order valence-electron chi connectivity index (χ2n) is 3.76. The number of hydrogen-bond donors (Lipinski definition) is 1. The van der Waals surface area contributed by atoms with Gasteiger partial charge in [-0.1, -0.05) is 20.8 Å². The molecule has 0 aliphatic rings. The van der Waals surface area contributed by atoms with E-state index < -0.39 is 0 Å². The first-order valence-electron chi connectivity index (χ1n) is 4.90. The summed E-state index contributed by atoms with van der Waals surface area (Å²) in [6.45, 7) is 7.28. The van der Waals surface area contributed by atoms with Crippen molar-refractivity contribution in [2.24, 2.45) is 11.7 Å². The first-order chi connectivity index (χ1) is 6.15. The average molecular weight is 181 g/mol. The van der Waals surface area contributed by atoms with Crippen molar-refractivity contribution < 1.29 is 0 Å². The molecule has 1 unspecified atom stereocenters. The summed E-state index contributed by atoms with van der Waals surface area (Å²) in [5.74, 6) is 1.64. The molecule has 0 aliphatic carbocycles. The molecule has 13 heavy (non-hydrogen) atoms. The number of nitrogens with zero attached hydrogens (tertiary/aromatic N) is 2. The first-order valence-corrected chi connectivity index (χ1v) is 4.90. The lowest BCUT2D eigenvalue weighted by Gasteiger charge is -2.17. The topological polar surface area (TPSA) is 43.8 Å². The summed E-state index contributed by atoms with van der Waals surface area (Å²) >= 11 is 0. The summed E-state index contributed by atoms with van der Waals surface area (Å²) in [7, 11) is 0. The third-order valence-corrected chi connectivity index (χ3v) is 2.38. The molecule has 3 heteroatoms. The van der Waals surface area contributed by atoms with Crippen molar-refractivity contribution in [1.82, 2.24) is 9.55 Å². The zero-order chi connectivity index (χ0) is 9.84. The summed E-state index contributed by atoms with van der Waals surface area (Å²) in [4.78, 5) is 4.25. The van der Waals surface area contributed by atoms with Gasteiger partial charge in [0.1, 0.15) is 5.82 Å². The number of aromatic nitrogens is 2. The van der Waals surface area contributed by atoms with Gasteiger partial charge in [-0.05, 0) is 5.92 Å². The zero-order valence-electron chi connectivity index (χ0n) is 8.70. The van der Waals surface area contributed by atoms with E-state index in [4.69, 9.17) is 5.73 Å². The maximum atomic E-state index is 5.98. The van der Waals surface area contributed by atoms with Crippen LogP contribution in [0.3, 0.4) is 0 Å². The van der Waals surface area contributed by atoms with Crippen LogP contribution in [0.15, 0.2) is 12.4 Å². The van der Waals surface area contributed by atoms with Gasteiger partial charge in [0.25, 0.3) is 0 Å². The highest BCUT2D eigenvalue weighted by Gasteiger charge is 2.09. The number of imidazole rings is 1. The molecule has 0 aromatic carbocycles. The molecule has 3 nitrogen and oxygen atoms in total. The van der Waals surface area contributed by atoms with Gasteiger partial charge < -0.3 is 10.3 Å². The minimum atomic E-state index is 0.222. The van der Waals surface area contributed by atoms with Crippen LogP contribution >= 0.6 is 0 Å². The lowest BCUT2D eigenvalue weighted by atomic mass is 10.1. The number of nitrogens with two attached hydrogens (primary N) is 1. The van der Waals surface area contributed by atoms with E-state index in [0.29, 0.717) is 5.92 Å². The van der Waals surface area contributed by atoms with Crippen LogP contribution in [-0.2, 0) is 13.0 Å². The van der Waals surface area contributed by atoms with E-state index >= 15 is 0 Å². The van der Waals surface area contributed by atoms with Crippen LogP contribution in [0.25, 0.3) is 0 Å². The minimum absolute atomic E-state index is 0.222. The van der Waals surface area contributed by atoms with Gasteiger partial charge in [0.2, 0.25) is 0 Å². The predicted octanol–water partition coefficient (Wildman–Crippen LogP) is 1.43. The van der Waals surface area contributed by atoms with Crippen molar-refractivity contribution >= 4 is 0 Å². The van der Waals surface area contributed by atoms with Gasteiger partial charge in [0.05, 0.1) is 0 Å². The lowest BCUT2D eigenvalue weighted by molar-refractivity contribution is 0.427. The van der Waals surface area contributed by atoms with Gasteiger partial charge in [-0.25, -0.2) is 4.98 Å². The van der Waals surface area contributed by atoms with Crippen LogP contribution in [0, 0.1) is 5.92 Å². The van der Waals surface area contributed by atoms with Crippen LogP contribution < -0.4 is 5.73 Å². The van der Waals surface area contributed by atoms with Crippen molar-refractivity contribution in [3.05, 3.63) is 18.2 Å². The van der Waals surface area contributed by atoms with E-state index in [2.05, 4.69) is 30.3 Å². The summed E-state index contributed by atoms with van der Waals surface area (Å²) in [6, 6.07) is 0.222. The van der Waals surface area contributed by atoms with E-state index in [1.54, 1.807) is 0 Å². The Kier molecular flexibility index (Phi) is 3.48. The molecule has 0 radical (unpaired) electrons. The summed E-state index contributed by atoms with van der Waals surface area (Å²) in [5.41, 5.74) is 5.98. The molecule has 0 amide bonds. The van der Waals surface area contributed by atoms with Gasteiger partial charge >= 0.3 is 0 Å². The molecule has 1 atom stereocenters. The molecule has 0 spiro atoms. The van der Waals surface area contributed by atoms with Crippen molar-refractivity contribution in [2.75, 3.05) is 0 Å². The fraction of sp³-hybridized carbons (Fsp3) is 0.700. The van der Waals surface area contributed by atoms with E-state index in [1.807, 2.05) is 12.4 Å². The van der Waals surface area contributed by atoms with Gasteiger partial charge in [0, 0.05) is 31.4 Å². The Labute approximate surface area is 80.0 Å². The summed E-state index contributed by atoms with van der Waals surface area (Å²) in [6.07, 6.45) is 4.81. The largest absolute Gasteiger partial charge is 0.333 e. The van der Waals surface area contributed by atoms with Gasteiger partial charge in [0.15, 0.2) is 0 Å². The second kappa shape index (κ2) is 4.42. The second-order valence-corrected chi connectivity index (χ2v) is 3.76. The molecule has 1 rings (SSSR count). The highest BCUT2D eigenvalue weighted by atomic mass is 15.1. The highest BCUT2D eigenvalue weighted by Crippen LogP contribution is 2.05. The first kappa shape index (κ1) is 10.3. The van der Waals surface area contributed by atoms with Crippen molar-refractivity contribution in [3.63, 3.8) is 0 Å². The number of hydrogen-bond acceptors (Lipinski definition) is 2. The van der Waals surface area contributed by atoms with E-state index in [1.165, 1.54) is 0 Å². The molecule has 0 aliphatic heterocycles. The smallest absolute Gasteiger partial charge is 0.108 e. The monoisotopic (exact) mass is 181 g/mol. The standard InChI is InChI=1S/C10H19N3/c1-4-10-12-5-6-13(10)7-9(11)8(2)3/h5-6,8-9H,4,7,11H2,1-3H3. The minimum Gasteiger partial charge on any atom is -0.333 e. The maximum Gasteiger partial charge on any atom is 0.108 e. The fourth-order valence-corrected chi connectivity index (χ4v) is 1.26. The highest BCUT2D eigenvalue weighted by molar-refractivity contribution is 4.92. The molecule has 0 saturated heterocycles. The fourth-order valence-electron chi connectivity index (χ4n) is 1.26. The Morgan fingerprint density at radius 3 is 2.77 bits per heavy atom. The Hall–Kier alpha value is -0.830. The Morgan fingerprint density at radius 2 is 2.23 bits per heavy atom. The summed E-state index contributed by atoms with van der Waals surface area (Å²) < 4.78 is 2.14. The maximum absolute atomic E-state index is 5.98. The molecule has 1 heterocycles. The summed E-state index contributed by atoms with van der Waals surface area (Å²) in [5, 5.41) is 0. The predicted molar refractivity (Wildman–Crippen MR) is 54.4 cm³/mol. The lowest BCUT2D eigenvalue weighted by Crippen LogP contribution is -2.31. The quantitative estimate of drug-likeness (QED) is 0.763. The van der Waals surface area contributed by atoms with Crippen molar-refractivity contribution in [2.45, 2.75) is 39.8 Å². The number of rotatable bonds is 4. The van der Waals surface area contributed by atoms with Gasteiger partial charge in [-0.3, -0.25) is 0 Å². The molecule has 0 fully saturated rings. The Balaban J connectivity index is 2.62. The van der Waals surface area contributed by atoms with E-state index in [9.17, 15) is 0 Å². The Morgan fingerprint density at radius 1 is 1.54 bits per heavy atom. The molecular weight excluding hydrogens is 162 g/mol. The van der Waals surface area contributed by atoms with Gasteiger partial charge in [-0.15, -0.1) is 0 Å². The molecule has 74 valence electrons. The van der Waals surface area contributed by atoms with Crippen LogP contribution in [0.1, 0.15) is 26.6 Å². The molecule has 1 aromatic heterocycles. The van der Waals surface area contributed by atoms with Crippen LogP contribution in [0.2, 0.25) is 0 Å². The third-order valence-electron chi connectivity index (χ3n) is 2.38. The van der Waals surface area contributed by atoms with Crippen LogP contribution in [0.4, 0.5) is 0 Å². The SMILES string of the molecule is CCc1nccn1CC(N)C(C)C. The van der Waals surface area contributed by atoms with Crippen molar-refractivity contribution in [3.8, 4) is 0 Å². The molecular formula is C10H19N3. The molecule has 0 saturated carbocycles. The number of aryl methyl sites for hydroxylation is 1. The van der Waals surface area contributed by atoms with E-state index in [0.717, 1.165) is 18.8 Å². The van der Waals surface area contributed by atoms with Gasteiger partial charge in [-0.2, -0.15) is 0 Å². The van der Waals surface area contributed by atoms with Crippen LogP contribution in [0.5, 0.6) is 0 Å². The van der Waals surface area contributed by atoms with Crippen molar-refractivity contribution in [1.29, 1.82) is 0 Å². The normalized spacial score (nSPS) is 13.6. The third kappa shape index (κ3) is 2.56. The van der Waals surface area contributed by atoms with Crippen LogP contribution in [-0.4, -0.2) is 15.6 Å².